The number of esters is 1. The third-order valence-corrected chi connectivity index (χ3v) is 3.12. The van der Waals surface area contributed by atoms with E-state index in [-0.39, 0.29) is 18.6 Å². The maximum absolute atomic E-state index is 11.8. The molecule has 0 heterocycles. The Kier molecular flexibility index (Phi) is 6.72. The van der Waals surface area contributed by atoms with Gasteiger partial charge in [-0.1, -0.05) is 13.8 Å². The third-order valence-electron chi connectivity index (χ3n) is 3.12. The zero-order chi connectivity index (χ0) is 15.8. The summed E-state index contributed by atoms with van der Waals surface area (Å²) in [4.78, 5) is 23.4. The Hall–Kier alpha value is -2.04. The molecule has 0 unspecified atom stereocenters. The van der Waals surface area contributed by atoms with Gasteiger partial charge in [0, 0.05) is 6.04 Å². The van der Waals surface area contributed by atoms with Crippen molar-refractivity contribution in [3.05, 3.63) is 29.8 Å². The summed E-state index contributed by atoms with van der Waals surface area (Å²) in [5.74, 6) is 0.203. The van der Waals surface area contributed by atoms with E-state index in [1.54, 1.807) is 24.3 Å². The highest BCUT2D eigenvalue weighted by atomic mass is 16.5. The van der Waals surface area contributed by atoms with Gasteiger partial charge in [-0.2, -0.15) is 0 Å². The van der Waals surface area contributed by atoms with Crippen molar-refractivity contribution in [3.63, 3.8) is 0 Å². The third kappa shape index (κ3) is 5.85. The van der Waals surface area contributed by atoms with E-state index in [9.17, 15) is 9.59 Å². The first-order valence-electron chi connectivity index (χ1n) is 7.13. The Morgan fingerprint density at radius 1 is 1.14 bits per heavy atom. The Balaban J connectivity index is 2.44. The van der Waals surface area contributed by atoms with Gasteiger partial charge in [-0.05, 0) is 44.0 Å². The minimum absolute atomic E-state index is 0.0432. The molecule has 116 valence electrons. The highest BCUT2D eigenvalue weighted by molar-refractivity contribution is 5.91. The van der Waals surface area contributed by atoms with Gasteiger partial charge in [0.05, 0.1) is 12.2 Å². The van der Waals surface area contributed by atoms with Crippen LogP contribution in [0.15, 0.2) is 24.3 Å². The average Bonchev–Trinajstić information content (AvgIpc) is 2.45. The van der Waals surface area contributed by atoms with E-state index in [1.165, 1.54) is 0 Å². The van der Waals surface area contributed by atoms with E-state index < -0.39 is 5.97 Å². The molecule has 0 radical (unpaired) electrons. The Morgan fingerprint density at radius 3 is 2.29 bits per heavy atom. The van der Waals surface area contributed by atoms with E-state index >= 15 is 0 Å². The van der Waals surface area contributed by atoms with Crippen molar-refractivity contribution in [2.24, 2.45) is 5.92 Å². The van der Waals surface area contributed by atoms with Gasteiger partial charge in [0.25, 0.3) is 5.91 Å². The standard InChI is InChI=1S/C16H23NO4/c1-5-20-14-8-6-13(7-9-14)16(19)21-10-15(18)17-12(4)11(2)3/h6-9,11-12H,5,10H2,1-4H3,(H,17,18)/t12-/m0/s1. The van der Waals surface area contributed by atoms with Crippen LogP contribution in [-0.2, 0) is 9.53 Å². The van der Waals surface area contributed by atoms with Crippen molar-refractivity contribution in [1.82, 2.24) is 5.32 Å². The van der Waals surface area contributed by atoms with Crippen LogP contribution in [0.5, 0.6) is 5.75 Å². The molecule has 5 nitrogen and oxygen atoms in total. The number of carbonyl (C=O) groups is 2. The normalized spacial score (nSPS) is 11.9. The van der Waals surface area contributed by atoms with Crippen molar-refractivity contribution in [2.75, 3.05) is 13.2 Å². The summed E-state index contributed by atoms with van der Waals surface area (Å²) in [7, 11) is 0. The number of hydrogen-bond donors (Lipinski definition) is 1. The van der Waals surface area contributed by atoms with Gasteiger partial charge in [0.2, 0.25) is 0 Å². The highest BCUT2D eigenvalue weighted by Crippen LogP contribution is 2.12. The maximum Gasteiger partial charge on any atom is 0.338 e. The SMILES string of the molecule is CCOc1ccc(C(=O)OCC(=O)N[C@@H](C)C(C)C)cc1. The van der Waals surface area contributed by atoms with Crippen molar-refractivity contribution in [3.8, 4) is 5.75 Å². The second-order valence-corrected chi connectivity index (χ2v) is 5.13. The molecule has 0 saturated heterocycles. The number of benzene rings is 1. The van der Waals surface area contributed by atoms with Crippen molar-refractivity contribution >= 4 is 11.9 Å². The van der Waals surface area contributed by atoms with E-state index in [1.807, 2.05) is 27.7 Å². The topological polar surface area (TPSA) is 64.6 Å². The van der Waals surface area contributed by atoms with Gasteiger partial charge in [0.1, 0.15) is 5.75 Å². The van der Waals surface area contributed by atoms with E-state index in [0.717, 1.165) is 0 Å². The van der Waals surface area contributed by atoms with Crippen LogP contribution in [0.1, 0.15) is 38.1 Å². The zero-order valence-electron chi connectivity index (χ0n) is 13.0. The molecule has 1 rings (SSSR count). The van der Waals surface area contributed by atoms with Crippen LogP contribution >= 0.6 is 0 Å². The second kappa shape index (κ2) is 8.29. The molecule has 0 aliphatic rings. The van der Waals surface area contributed by atoms with Crippen LogP contribution in [0.25, 0.3) is 0 Å². The minimum atomic E-state index is -0.523. The van der Waals surface area contributed by atoms with E-state index in [2.05, 4.69) is 5.32 Å². The predicted molar refractivity (Wildman–Crippen MR) is 80.3 cm³/mol. The number of carbonyl (C=O) groups excluding carboxylic acids is 2. The van der Waals surface area contributed by atoms with Crippen molar-refractivity contribution < 1.29 is 19.1 Å². The summed E-state index contributed by atoms with van der Waals surface area (Å²) in [6, 6.07) is 6.66. The second-order valence-electron chi connectivity index (χ2n) is 5.13. The first-order chi connectivity index (χ1) is 9.93. The van der Waals surface area contributed by atoms with E-state index in [0.29, 0.717) is 23.8 Å². The molecular weight excluding hydrogens is 270 g/mol. The minimum Gasteiger partial charge on any atom is -0.494 e. The van der Waals surface area contributed by atoms with Crippen LogP contribution in [0.3, 0.4) is 0 Å². The molecule has 5 heteroatoms. The summed E-state index contributed by atoms with van der Waals surface area (Å²) >= 11 is 0. The molecular formula is C16H23NO4. The van der Waals surface area contributed by atoms with Gasteiger partial charge in [-0.25, -0.2) is 4.79 Å². The molecule has 0 aromatic heterocycles. The summed E-state index contributed by atoms with van der Waals surface area (Å²) in [6.45, 7) is 8.12. The molecule has 0 saturated carbocycles. The lowest BCUT2D eigenvalue weighted by atomic mass is 10.1. The maximum atomic E-state index is 11.8. The first-order valence-corrected chi connectivity index (χ1v) is 7.13. The smallest absolute Gasteiger partial charge is 0.338 e. The lowest BCUT2D eigenvalue weighted by Crippen LogP contribution is -2.38. The molecule has 1 amide bonds. The molecule has 1 atom stereocenters. The largest absolute Gasteiger partial charge is 0.494 e. The molecule has 0 aliphatic carbocycles. The Bertz CT molecular complexity index is 468. The van der Waals surface area contributed by atoms with Gasteiger partial charge in [-0.15, -0.1) is 0 Å². The highest BCUT2D eigenvalue weighted by Gasteiger charge is 2.13. The molecule has 0 spiro atoms. The van der Waals surface area contributed by atoms with Crippen LogP contribution in [0.2, 0.25) is 0 Å². The fourth-order valence-corrected chi connectivity index (χ4v) is 1.53. The van der Waals surface area contributed by atoms with Gasteiger partial charge in [-0.3, -0.25) is 4.79 Å². The fourth-order valence-electron chi connectivity index (χ4n) is 1.53. The quantitative estimate of drug-likeness (QED) is 0.784. The lowest BCUT2D eigenvalue weighted by Gasteiger charge is -2.17. The number of ether oxygens (including phenoxy) is 2. The predicted octanol–water partition coefficient (Wildman–Crippen LogP) is 2.40. The molecule has 21 heavy (non-hydrogen) atoms. The van der Waals surface area contributed by atoms with Crippen LogP contribution in [-0.4, -0.2) is 31.1 Å². The molecule has 0 fully saturated rings. The monoisotopic (exact) mass is 293 g/mol. The zero-order valence-corrected chi connectivity index (χ0v) is 13.0. The lowest BCUT2D eigenvalue weighted by molar-refractivity contribution is -0.125. The number of amides is 1. The number of hydrogen-bond acceptors (Lipinski definition) is 4. The molecule has 0 aliphatic heterocycles. The summed E-state index contributed by atoms with van der Waals surface area (Å²) in [5.41, 5.74) is 0.392. The summed E-state index contributed by atoms with van der Waals surface area (Å²) in [6.07, 6.45) is 0. The fraction of sp³-hybridized carbons (Fsp3) is 0.500. The van der Waals surface area contributed by atoms with Gasteiger partial charge < -0.3 is 14.8 Å². The number of rotatable bonds is 7. The van der Waals surface area contributed by atoms with Crippen molar-refractivity contribution in [1.29, 1.82) is 0 Å². The van der Waals surface area contributed by atoms with Crippen LogP contribution in [0.4, 0.5) is 0 Å². The van der Waals surface area contributed by atoms with Gasteiger partial charge >= 0.3 is 5.97 Å². The first kappa shape index (κ1) is 17.0. The van der Waals surface area contributed by atoms with Crippen LogP contribution < -0.4 is 10.1 Å². The summed E-state index contributed by atoms with van der Waals surface area (Å²) < 4.78 is 10.3. The molecule has 1 aromatic rings. The summed E-state index contributed by atoms with van der Waals surface area (Å²) in [5, 5.41) is 2.78. The van der Waals surface area contributed by atoms with Gasteiger partial charge in [0.15, 0.2) is 6.61 Å². The Morgan fingerprint density at radius 2 is 1.76 bits per heavy atom. The Labute approximate surface area is 125 Å². The van der Waals surface area contributed by atoms with Crippen molar-refractivity contribution in [2.45, 2.75) is 33.7 Å². The number of nitrogens with one attached hydrogen (secondary N) is 1. The molecule has 1 N–H and O–H groups in total. The van der Waals surface area contributed by atoms with Crippen LogP contribution in [0, 0.1) is 5.92 Å². The van der Waals surface area contributed by atoms with E-state index in [4.69, 9.17) is 9.47 Å². The average molecular weight is 293 g/mol. The molecule has 0 bridgehead atoms. The molecule has 1 aromatic carbocycles.